The first-order chi connectivity index (χ1) is 12.5. The highest BCUT2D eigenvalue weighted by Crippen LogP contribution is 2.25. The third-order valence-corrected chi connectivity index (χ3v) is 4.88. The second-order valence-electron chi connectivity index (χ2n) is 7.14. The van der Waals surface area contributed by atoms with Gasteiger partial charge in [0, 0.05) is 23.6 Å². The van der Waals surface area contributed by atoms with E-state index in [9.17, 15) is 10.2 Å². The highest BCUT2D eigenvalue weighted by atomic mass is 16.3. The SMILES string of the molecule is Cc1ccc(O)c(C=NC2CCC(N=Cc3cc(C)ccc3O)CC2)c1. The molecule has 0 bridgehead atoms. The fourth-order valence-electron chi connectivity index (χ4n) is 3.28. The van der Waals surface area contributed by atoms with Crippen molar-refractivity contribution in [2.75, 3.05) is 0 Å². The van der Waals surface area contributed by atoms with E-state index in [1.165, 1.54) is 0 Å². The van der Waals surface area contributed by atoms with Gasteiger partial charge >= 0.3 is 0 Å². The number of aliphatic imine (C=N–C) groups is 2. The molecule has 0 atom stereocenters. The van der Waals surface area contributed by atoms with Gasteiger partial charge < -0.3 is 10.2 Å². The van der Waals surface area contributed by atoms with E-state index in [1.54, 1.807) is 24.6 Å². The van der Waals surface area contributed by atoms with E-state index in [1.807, 2.05) is 38.1 Å². The molecular weight excluding hydrogens is 324 g/mol. The molecule has 4 heteroatoms. The van der Waals surface area contributed by atoms with E-state index in [-0.39, 0.29) is 23.6 Å². The van der Waals surface area contributed by atoms with Crippen molar-refractivity contribution in [3.63, 3.8) is 0 Å². The van der Waals surface area contributed by atoms with Crippen molar-refractivity contribution in [1.82, 2.24) is 0 Å². The summed E-state index contributed by atoms with van der Waals surface area (Å²) in [6.07, 6.45) is 7.55. The van der Waals surface area contributed by atoms with Crippen molar-refractivity contribution in [3.8, 4) is 11.5 Å². The van der Waals surface area contributed by atoms with Gasteiger partial charge in [-0.2, -0.15) is 0 Å². The third-order valence-electron chi connectivity index (χ3n) is 4.88. The van der Waals surface area contributed by atoms with Gasteiger partial charge in [0.2, 0.25) is 0 Å². The summed E-state index contributed by atoms with van der Waals surface area (Å²) in [6.45, 7) is 4.01. The normalized spacial score (nSPS) is 20.8. The van der Waals surface area contributed by atoms with Crippen molar-refractivity contribution in [2.45, 2.75) is 51.6 Å². The van der Waals surface area contributed by atoms with E-state index in [4.69, 9.17) is 0 Å². The average Bonchev–Trinajstić information content (AvgIpc) is 2.64. The second-order valence-corrected chi connectivity index (χ2v) is 7.14. The number of benzene rings is 2. The Morgan fingerprint density at radius 3 is 1.50 bits per heavy atom. The van der Waals surface area contributed by atoms with Gasteiger partial charge in [-0.1, -0.05) is 23.3 Å². The zero-order valence-corrected chi connectivity index (χ0v) is 15.4. The lowest BCUT2D eigenvalue weighted by molar-refractivity contribution is 0.399. The van der Waals surface area contributed by atoms with Crippen molar-refractivity contribution in [3.05, 3.63) is 58.7 Å². The van der Waals surface area contributed by atoms with Crippen LogP contribution in [-0.4, -0.2) is 34.7 Å². The summed E-state index contributed by atoms with van der Waals surface area (Å²) < 4.78 is 0. The summed E-state index contributed by atoms with van der Waals surface area (Å²) >= 11 is 0. The Balaban J connectivity index is 1.56. The van der Waals surface area contributed by atoms with Crippen LogP contribution in [0.3, 0.4) is 0 Å². The Kier molecular flexibility index (Phi) is 5.71. The molecule has 1 fully saturated rings. The maximum Gasteiger partial charge on any atom is 0.124 e. The molecular formula is C22H26N2O2. The summed E-state index contributed by atoms with van der Waals surface area (Å²) in [5, 5.41) is 19.8. The number of rotatable bonds is 4. The standard InChI is InChI=1S/C22H26N2O2/c1-15-3-9-21(25)17(11-15)13-23-19-5-7-20(8-6-19)24-14-18-12-16(2)4-10-22(18)26/h3-4,9-14,19-20,25-26H,5-8H2,1-2H3. The molecule has 0 unspecified atom stereocenters. The first-order valence-corrected chi connectivity index (χ1v) is 9.17. The topological polar surface area (TPSA) is 65.2 Å². The molecule has 0 aliphatic heterocycles. The average molecular weight is 350 g/mol. The molecule has 0 spiro atoms. The first-order valence-electron chi connectivity index (χ1n) is 9.17. The minimum absolute atomic E-state index is 0.274. The number of nitrogens with zero attached hydrogens (tertiary/aromatic N) is 2. The second kappa shape index (κ2) is 8.17. The maximum absolute atomic E-state index is 9.90. The van der Waals surface area contributed by atoms with Gasteiger partial charge in [-0.05, 0) is 63.8 Å². The zero-order chi connectivity index (χ0) is 18.5. The van der Waals surface area contributed by atoms with E-state index in [0.29, 0.717) is 0 Å². The molecule has 0 radical (unpaired) electrons. The molecule has 1 saturated carbocycles. The lowest BCUT2D eigenvalue weighted by Crippen LogP contribution is -2.20. The first kappa shape index (κ1) is 18.2. The fraction of sp³-hybridized carbons (Fsp3) is 0.364. The number of hydrogen-bond donors (Lipinski definition) is 2. The molecule has 0 heterocycles. The van der Waals surface area contributed by atoms with Crippen molar-refractivity contribution >= 4 is 12.4 Å². The zero-order valence-electron chi connectivity index (χ0n) is 15.4. The molecule has 2 aromatic rings. The monoisotopic (exact) mass is 350 g/mol. The highest BCUT2D eigenvalue weighted by Gasteiger charge is 2.19. The third kappa shape index (κ3) is 4.72. The highest BCUT2D eigenvalue weighted by molar-refractivity contribution is 5.84. The number of aromatic hydroxyl groups is 2. The van der Waals surface area contributed by atoms with Crippen molar-refractivity contribution < 1.29 is 10.2 Å². The van der Waals surface area contributed by atoms with Crippen LogP contribution in [0.25, 0.3) is 0 Å². The lowest BCUT2D eigenvalue weighted by atomic mass is 9.92. The molecule has 0 amide bonds. The molecule has 0 aromatic heterocycles. The number of aryl methyl sites for hydroxylation is 2. The van der Waals surface area contributed by atoms with Crippen LogP contribution >= 0.6 is 0 Å². The molecule has 26 heavy (non-hydrogen) atoms. The molecule has 2 N–H and O–H groups in total. The molecule has 136 valence electrons. The Bertz CT molecular complexity index is 749. The largest absolute Gasteiger partial charge is 0.507 e. The smallest absolute Gasteiger partial charge is 0.124 e. The molecule has 1 aliphatic rings. The summed E-state index contributed by atoms with van der Waals surface area (Å²) in [5.41, 5.74) is 3.78. The van der Waals surface area contributed by atoms with E-state index in [2.05, 4.69) is 9.98 Å². The molecule has 0 saturated heterocycles. The number of hydrogen-bond acceptors (Lipinski definition) is 4. The van der Waals surface area contributed by atoms with Crippen LogP contribution in [0.15, 0.2) is 46.4 Å². The fourth-order valence-corrected chi connectivity index (χ4v) is 3.28. The summed E-state index contributed by atoms with van der Waals surface area (Å²) in [6, 6.07) is 11.7. The van der Waals surface area contributed by atoms with Crippen LogP contribution in [0.1, 0.15) is 47.9 Å². The Morgan fingerprint density at radius 1 is 0.731 bits per heavy atom. The minimum atomic E-state index is 0.274. The van der Waals surface area contributed by atoms with E-state index < -0.39 is 0 Å². The van der Waals surface area contributed by atoms with Crippen LogP contribution in [0.5, 0.6) is 11.5 Å². The summed E-state index contributed by atoms with van der Waals surface area (Å²) in [5.74, 6) is 0.547. The van der Waals surface area contributed by atoms with Crippen LogP contribution in [0, 0.1) is 13.8 Å². The van der Waals surface area contributed by atoms with Gasteiger partial charge in [0.25, 0.3) is 0 Å². The van der Waals surface area contributed by atoms with Crippen LogP contribution in [0.2, 0.25) is 0 Å². The molecule has 3 rings (SSSR count). The van der Waals surface area contributed by atoms with Gasteiger partial charge in [0.1, 0.15) is 11.5 Å². The maximum atomic E-state index is 9.90. The Morgan fingerprint density at radius 2 is 1.12 bits per heavy atom. The lowest BCUT2D eigenvalue weighted by Gasteiger charge is -2.23. The van der Waals surface area contributed by atoms with Gasteiger partial charge in [-0.25, -0.2) is 0 Å². The predicted octanol–water partition coefficient (Wildman–Crippen LogP) is 4.56. The van der Waals surface area contributed by atoms with Gasteiger partial charge in [-0.15, -0.1) is 0 Å². The molecule has 2 aromatic carbocycles. The number of phenolic OH excluding ortho intramolecular Hbond substituents is 2. The van der Waals surface area contributed by atoms with Crippen LogP contribution < -0.4 is 0 Å². The van der Waals surface area contributed by atoms with Crippen molar-refractivity contribution in [1.29, 1.82) is 0 Å². The van der Waals surface area contributed by atoms with Crippen molar-refractivity contribution in [2.24, 2.45) is 9.98 Å². The van der Waals surface area contributed by atoms with E-state index >= 15 is 0 Å². The molecule has 1 aliphatic carbocycles. The summed E-state index contributed by atoms with van der Waals surface area (Å²) in [4.78, 5) is 9.31. The Hall–Kier alpha value is -2.62. The van der Waals surface area contributed by atoms with Crippen LogP contribution in [-0.2, 0) is 0 Å². The minimum Gasteiger partial charge on any atom is -0.507 e. The molecule has 4 nitrogen and oxygen atoms in total. The number of phenols is 2. The summed E-state index contributed by atoms with van der Waals surface area (Å²) in [7, 11) is 0. The Labute approximate surface area is 155 Å². The quantitative estimate of drug-likeness (QED) is 0.794. The predicted molar refractivity (Wildman–Crippen MR) is 107 cm³/mol. The van der Waals surface area contributed by atoms with Gasteiger partial charge in [0.05, 0.1) is 12.1 Å². The van der Waals surface area contributed by atoms with Crippen LogP contribution in [0.4, 0.5) is 0 Å². The van der Waals surface area contributed by atoms with E-state index in [0.717, 1.165) is 47.9 Å². The van der Waals surface area contributed by atoms with Gasteiger partial charge in [-0.3, -0.25) is 9.98 Å². The van der Waals surface area contributed by atoms with Gasteiger partial charge in [0.15, 0.2) is 0 Å².